The first-order chi connectivity index (χ1) is 10.0. The van der Waals surface area contributed by atoms with Crippen molar-refractivity contribution < 1.29 is 9.84 Å². The molecule has 2 rings (SSSR count). The number of ether oxygens (including phenoxy) is 1. The van der Waals surface area contributed by atoms with Crippen LogP contribution in [-0.4, -0.2) is 11.2 Å². The third kappa shape index (κ3) is 6.48. The molecule has 0 aliphatic rings. The van der Waals surface area contributed by atoms with Gasteiger partial charge in [0, 0.05) is 0 Å². The average molecular weight is 282 g/mol. The standard InChI is InChI=1S/C11H14O.C8H8O/c1-4-10-5-7-11(8-6-10)12-9(2)3;1-2-7-3-5-8(9)6-4-7/h4-9H,1H2,2-3H3;2-6,9H,1H2. The highest BCUT2D eigenvalue weighted by Crippen LogP contribution is 2.14. The first-order valence-electron chi connectivity index (χ1n) is 6.85. The minimum Gasteiger partial charge on any atom is -0.508 e. The zero-order valence-corrected chi connectivity index (χ0v) is 12.6. The predicted molar refractivity (Wildman–Crippen MR) is 90.5 cm³/mol. The molecule has 0 heterocycles. The molecule has 21 heavy (non-hydrogen) atoms. The first kappa shape index (κ1) is 16.6. The van der Waals surface area contributed by atoms with Crippen LogP contribution in [0.25, 0.3) is 12.2 Å². The van der Waals surface area contributed by atoms with Gasteiger partial charge < -0.3 is 9.84 Å². The van der Waals surface area contributed by atoms with Crippen LogP contribution in [0.1, 0.15) is 25.0 Å². The fourth-order valence-electron chi connectivity index (χ4n) is 1.57. The maximum atomic E-state index is 8.82. The quantitative estimate of drug-likeness (QED) is 0.840. The van der Waals surface area contributed by atoms with E-state index in [-0.39, 0.29) is 6.10 Å². The van der Waals surface area contributed by atoms with Crippen LogP contribution in [0.15, 0.2) is 61.7 Å². The summed E-state index contributed by atoms with van der Waals surface area (Å²) in [6.45, 7) is 11.3. The van der Waals surface area contributed by atoms with Crippen LogP contribution in [0.5, 0.6) is 11.5 Å². The van der Waals surface area contributed by atoms with Crippen LogP contribution in [0.4, 0.5) is 0 Å². The van der Waals surface area contributed by atoms with Gasteiger partial charge in [-0.2, -0.15) is 0 Å². The van der Waals surface area contributed by atoms with Crippen molar-refractivity contribution >= 4 is 12.2 Å². The second kappa shape index (κ2) is 8.64. The molecule has 0 aliphatic carbocycles. The Morgan fingerprint density at radius 1 is 0.857 bits per heavy atom. The van der Waals surface area contributed by atoms with Gasteiger partial charge in [0.1, 0.15) is 11.5 Å². The van der Waals surface area contributed by atoms with E-state index >= 15 is 0 Å². The summed E-state index contributed by atoms with van der Waals surface area (Å²) >= 11 is 0. The van der Waals surface area contributed by atoms with Gasteiger partial charge in [0.25, 0.3) is 0 Å². The number of phenolic OH excluding ortho intramolecular Hbond substituents is 1. The molecule has 0 aliphatic heterocycles. The van der Waals surface area contributed by atoms with E-state index < -0.39 is 0 Å². The Bertz CT molecular complexity index is 551. The molecule has 0 spiro atoms. The summed E-state index contributed by atoms with van der Waals surface area (Å²) in [6.07, 6.45) is 3.79. The SMILES string of the molecule is C=Cc1ccc(O)cc1.C=Cc1ccc(OC(C)C)cc1. The van der Waals surface area contributed by atoms with Crippen molar-refractivity contribution in [2.45, 2.75) is 20.0 Å². The van der Waals surface area contributed by atoms with Crippen LogP contribution in [0.2, 0.25) is 0 Å². The molecule has 0 unspecified atom stereocenters. The summed E-state index contributed by atoms with van der Waals surface area (Å²) in [6, 6.07) is 14.8. The molecule has 0 amide bonds. The average Bonchev–Trinajstić information content (AvgIpc) is 2.49. The zero-order valence-electron chi connectivity index (χ0n) is 12.6. The Balaban J connectivity index is 0.000000219. The second-order valence-electron chi connectivity index (χ2n) is 4.74. The van der Waals surface area contributed by atoms with Crippen LogP contribution in [0, 0.1) is 0 Å². The van der Waals surface area contributed by atoms with Crippen molar-refractivity contribution in [3.05, 3.63) is 72.8 Å². The lowest BCUT2D eigenvalue weighted by Crippen LogP contribution is -2.05. The number of hydrogen-bond acceptors (Lipinski definition) is 2. The normalized spacial score (nSPS) is 9.48. The van der Waals surface area contributed by atoms with Crippen molar-refractivity contribution in [1.82, 2.24) is 0 Å². The summed E-state index contributed by atoms with van der Waals surface area (Å²) in [5.74, 6) is 1.20. The molecular formula is C19H22O2. The van der Waals surface area contributed by atoms with Crippen molar-refractivity contribution in [3.8, 4) is 11.5 Å². The highest BCUT2D eigenvalue weighted by Gasteiger charge is 1.95. The van der Waals surface area contributed by atoms with Gasteiger partial charge in [-0.3, -0.25) is 0 Å². The Kier molecular flexibility index (Phi) is 6.82. The number of hydrogen-bond donors (Lipinski definition) is 1. The van der Waals surface area contributed by atoms with E-state index in [2.05, 4.69) is 13.2 Å². The van der Waals surface area contributed by atoms with E-state index in [1.807, 2.05) is 56.3 Å². The van der Waals surface area contributed by atoms with Gasteiger partial charge in [-0.05, 0) is 49.2 Å². The van der Waals surface area contributed by atoms with Crippen molar-refractivity contribution in [2.75, 3.05) is 0 Å². The van der Waals surface area contributed by atoms with Gasteiger partial charge in [0.05, 0.1) is 6.10 Å². The smallest absolute Gasteiger partial charge is 0.119 e. The van der Waals surface area contributed by atoms with Gasteiger partial charge in [-0.1, -0.05) is 49.6 Å². The summed E-state index contributed by atoms with van der Waals surface area (Å²) < 4.78 is 5.48. The lowest BCUT2D eigenvalue weighted by molar-refractivity contribution is 0.242. The number of phenols is 1. The minimum atomic E-state index is 0.236. The molecule has 2 nitrogen and oxygen atoms in total. The molecule has 1 N–H and O–H groups in total. The molecule has 0 radical (unpaired) electrons. The number of benzene rings is 2. The van der Waals surface area contributed by atoms with Crippen LogP contribution in [-0.2, 0) is 0 Å². The third-order valence-electron chi connectivity index (χ3n) is 2.62. The summed E-state index contributed by atoms with van der Waals surface area (Å²) in [5.41, 5.74) is 2.14. The maximum Gasteiger partial charge on any atom is 0.119 e. The van der Waals surface area contributed by atoms with Crippen molar-refractivity contribution in [3.63, 3.8) is 0 Å². The topological polar surface area (TPSA) is 29.5 Å². The monoisotopic (exact) mass is 282 g/mol. The van der Waals surface area contributed by atoms with Crippen LogP contribution in [0.3, 0.4) is 0 Å². The summed E-state index contributed by atoms with van der Waals surface area (Å²) in [4.78, 5) is 0. The molecule has 0 bridgehead atoms. The highest BCUT2D eigenvalue weighted by atomic mass is 16.5. The second-order valence-corrected chi connectivity index (χ2v) is 4.74. The molecule has 0 atom stereocenters. The molecule has 110 valence electrons. The van der Waals surface area contributed by atoms with Crippen LogP contribution >= 0.6 is 0 Å². The van der Waals surface area contributed by atoms with E-state index in [0.29, 0.717) is 5.75 Å². The lowest BCUT2D eigenvalue weighted by atomic mass is 10.2. The van der Waals surface area contributed by atoms with Gasteiger partial charge in [0.2, 0.25) is 0 Å². The molecule has 0 saturated carbocycles. The van der Waals surface area contributed by atoms with E-state index in [9.17, 15) is 0 Å². The summed E-state index contributed by atoms with van der Waals surface area (Å²) in [7, 11) is 0. The molecule has 2 heteroatoms. The van der Waals surface area contributed by atoms with Crippen molar-refractivity contribution in [1.29, 1.82) is 0 Å². The van der Waals surface area contributed by atoms with Gasteiger partial charge in [-0.15, -0.1) is 0 Å². The molecule has 0 saturated heterocycles. The Hall–Kier alpha value is -2.48. The number of aromatic hydroxyl groups is 1. The van der Waals surface area contributed by atoms with E-state index in [1.165, 1.54) is 0 Å². The van der Waals surface area contributed by atoms with E-state index in [1.54, 1.807) is 18.2 Å². The highest BCUT2D eigenvalue weighted by molar-refractivity contribution is 5.48. The van der Waals surface area contributed by atoms with E-state index in [4.69, 9.17) is 9.84 Å². The molecule has 2 aromatic rings. The van der Waals surface area contributed by atoms with Gasteiger partial charge >= 0.3 is 0 Å². The largest absolute Gasteiger partial charge is 0.508 e. The Morgan fingerprint density at radius 2 is 1.29 bits per heavy atom. The molecular weight excluding hydrogens is 260 g/mol. The lowest BCUT2D eigenvalue weighted by Gasteiger charge is -2.08. The van der Waals surface area contributed by atoms with Crippen molar-refractivity contribution in [2.24, 2.45) is 0 Å². The fraction of sp³-hybridized carbons (Fsp3) is 0.158. The minimum absolute atomic E-state index is 0.236. The molecule has 0 aromatic heterocycles. The summed E-state index contributed by atoms with van der Waals surface area (Å²) in [5, 5.41) is 8.82. The zero-order chi connectivity index (χ0) is 15.7. The maximum absolute atomic E-state index is 8.82. The van der Waals surface area contributed by atoms with Gasteiger partial charge in [0.15, 0.2) is 0 Å². The Labute approximate surface area is 127 Å². The fourth-order valence-corrected chi connectivity index (χ4v) is 1.57. The Morgan fingerprint density at radius 3 is 1.67 bits per heavy atom. The van der Waals surface area contributed by atoms with E-state index in [0.717, 1.165) is 16.9 Å². The third-order valence-corrected chi connectivity index (χ3v) is 2.62. The first-order valence-corrected chi connectivity index (χ1v) is 6.85. The van der Waals surface area contributed by atoms with Gasteiger partial charge in [-0.25, -0.2) is 0 Å². The molecule has 2 aromatic carbocycles. The molecule has 0 fully saturated rings. The predicted octanol–water partition coefficient (Wildman–Crippen LogP) is 5.15. The van der Waals surface area contributed by atoms with Crippen LogP contribution < -0.4 is 4.74 Å². The number of rotatable bonds is 4.